The van der Waals surface area contributed by atoms with E-state index in [1.807, 2.05) is 12.5 Å². The second kappa shape index (κ2) is 5.90. The highest BCUT2D eigenvalue weighted by Crippen LogP contribution is 2.38. The highest BCUT2D eigenvalue weighted by molar-refractivity contribution is 14.1. The summed E-state index contributed by atoms with van der Waals surface area (Å²) in [6.45, 7) is 7.28. The first kappa shape index (κ1) is 14.7. The summed E-state index contributed by atoms with van der Waals surface area (Å²) in [6.07, 6.45) is 6.23. The van der Waals surface area contributed by atoms with Crippen LogP contribution in [0.4, 0.5) is 5.82 Å². The van der Waals surface area contributed by atoms with Gasteiger partial charge in [-0.2, -0.15) is 0 Å². The Morgan fingerprint density at radius 1 is 1.38 bits per heavy atom. The first-order valence-corrected chi connectivity index (χ1v) is 8.53. The van der Waals surface area contributed by atoms with Gasteiger partial charge in [-0.25, -0.2) is 15.0 Å². The molecule has 0 radical (unpaired) electrons. The molecule has 1 fully saturated rings. The number of halogens is 1. The van der Waals surface area contributed by atoms with Crippen LogP contribution in [-0.4, -0.2) is 26.1 Å². The lowest BCUT2D eigenvalue weighted by molar-refractivity contribution is 0.738. The van der Waals surface area contributed by atoms with Gasteiger partial charge in [0.1, 0.15) is 11.5 Å². The molecule has 0 aromatic carbocycles. The van der Waals surface area contributed by atoms with E-state index in [4.69, 9.17) is 9.97 Å². The van der Waals surface area contributed by atoms with Crippen LogP contribution in [0, 0.1) is 3.57 Å². The van der Waals surface area contributed by atoms with Gasteiger partial charge in [0.2, 0.25) is 0 Å². The van der Waals surface area contributed by atoms with Crippen molar-refractivity contribution < 1.29 is 0 Å². The van der Waals surface area contributed by atoms with Gasteiger partial charge in [0.25, 0.3) is 0 Å². The van der Waals surface area contributed by atoms with Crippen LogP contribution in [0.15, 0.2) is 12.5 Å². The lowest BCUT2D eigenvalue weighted by Gasteiger charge is -2.15. The van der Waals surface area contributed by atoms with Gasteiger partial charge < -0.3 is 9.88 Å². The minimum Gasteiger partial charge on any atom is -0.369 e. The second-order valence-electron chi connectivity index (χ2n) is 5.70. The standard InChI is InChI=1S/C15H20IN5/c1-4-18-15-12(16)13(9(2)3)19-14(20-15)11-7-17-8-21(11)10-5-6-10/h7-10H,4-6H2,1-3H3,(H,18,19,20). The van der Waals surface area contributed by atoms with Crippen LogP contribution in [0.3, 0.4) is 0 Å². The molecule has 21 heavy (non-hydrogen) atoms. The van der Waals surface area contributed by atoms with Gasteiger partial charge in [-0.15, -0.1) is 0 Å². The van der Waals surface area contributed by atoms with Crippen molar-refractivity contribution >= 4 is 28.4 Å². The fraction of sp³-hybridized carbons (Fsp3) is 0.533. The topological polar surface area (TPSA) is 55.6 Å². The van der Waals surface area contributed by atoms with E-state index in [1.165, 1.54) is 12.8 Å². The Morgan fingerprint density at radius 2 is 2.14 bits per heavy atom. The van der Waals surface area contributed by atoms with Gasteiger partial charge in [-0.3, -0.25) is 0 Å². The van der Waals surface area contributed by atoms with Crippen molar-refractivity contribution in [3.63, 3.8) is 0 Å². The Labute approximate surface area is 138 Å². The zero-order chi connectivity index (χ0) is 15.0. The lowest BCUT2D eigenvalue weighted by atomic mass is 10.1. The third kappa shape index (κ3) is 2.90. The number of aromatic nitrogens is 4. The van der Waals surface area contributed by atoms with Gasteiger partial charge in [-0.05, 0) is 48.3 Å². The number of nitrogens with zero attached hydrogens (tertiary/aromatic N) is 4. The Bertz CT molecular complexity index is 646. The number of anilines is 1. The van der Waals surface area contributed by atoms with Crippen molar-refractivity contribution in [1.82, 2.24) is 19.5 Å². The molecule has 0 spiro atoms. The quantitative estimate of drug-likeness (QED) is 0.780. The average molecular weight is 397 g/mol. The van der Waals surface area contributed by atoms with E-state index in [-0.39, 0.29) is 0 Å². The first-order chi connectivity index (χ1) is 10.1. The third-order valence-electron chi connectivity index (χ3n) is 3.60. The summed E-state index contributed by atoms with van der Waals surface area (Å²) in [6, 6.07) is 0.579. The zero-order valence-electron chi connectivity index (χ0n) is 12.6. The van der Waals surface area contributed by atoms with E-state index in [0.717, 1.165) is 33.1 Å². The number of rotatable bonds is 5. The van der Waals surface area contributed by atoms with Gasteiger partial charge in [0.15, 0.2) is 5.82 Å². The highest BCUT2D eigenvalue weighted by Gasteiger charge is 2.27. The van der Waals surface area contributed by atoms with Crippen LogP contribution in [0.25, 0.3) is 11.5 Å². The van der Waals surface area contributed by atoms with Crippen molar-refractivity contribution in [2.75, 3.05) is 11.9 Å². The van der Waals surface area contributed by atoms with Gasteiger partial charge in [0.05, 0.1) is 21.8 Å². The van der Waals surface area contributed by atoms with E-state index in [1.54, 1.807) is 0 Å². The molecule has 1 saturated carbocycles. The normalized spacial score (nSPS) is 14.7. The lowest BCUT2D eigenvalue weighted by Crippen LogP contribution is -2.10. The molecule has 1 aliphatic carbocycles. The average Bonchev–Trinajstić information content (AvgIpc) is 3.18. The molecule has 0 aliphatic heterocycles. The van der Waals surface area contributed by atoms with Crippen LogP contribution in [0.5, 0.6) is 0 Å². The van der Waals surface area contributed by atoms with Crippen molar-refractivity contribution in [3.8, 4) is 11.5 Å². The number of hydrogen-bond donors (Lipinski definition) is 1. The Kier molecular flexibility index (Phi) is 4.14. The first-order valence-electron chi connectivity index (χ1n) is 7.45. The molecule has 2 heterocycles. The van der Waals surface area contributed by atoms with E-state index in [9.17, 15) is 0 Å². The summed E-state index contributed by atoms with van der Waals surface area (Å²) < 4.78 is 3.33. The maximum absolute atomic E-state index is 4.81. The van der Waals surface area contributed by atoms with Gasteiger partial charge in [0, 0.05) is 12.6 Å². The zero-order valence-corrected chi connectivity index (χ0v) is 14.8. The Morgan fingerprint density at radius 3 is 2.76 bits per heavy atom. The molecule has 112 valence electrons. The molecule has 6 heteroatoms. The van der Waals surface area contributed by atoms with E-state index < -0.39 is 0 Å². The molecule has 0 unspecified atom stereocenters. The van der Waals surface area contributed by atoms with Crippen molar-refractivity contribution in [2.45, 2.75) is 45.6 Å². The summed E-state index contributed by atoms with van der Waals surface area (Å²) in [5.74, 6) is 2.07. The van der Waals surface area contributed by atoms with Gasteiger partial charge >= 0.3 is 0 Å². The molecule has 1 N–H and O–H groups in total. The minimum atomic E-state index is 0.369. The van der Waals surface area contributed by atoms with E-state index in [0.29, 0.717) is 12.0 Å². The smallest absolute Gasteiger partial charge is 0.180 e. The van der Waals surface area contributed by atoms with Crippen LogP contribution in [-0.2, 0) is 0 Å². The van der Waals surface area contributed by atoms with Crippen LogP contribution in [0.2, 0.25) is 0 Å². The molecule has 5 nitrogen and oxygen atoms in total. The number of nitrogens with one attached hydrogen (secondary N) is 1. The maximum atomic E-state index is 4.81. The van der Waals surface area contributed by atoms with Crippen LogP contribution < -0.4 is 5.32 Å². The molecule has 1 aliphatic rings. The third-order valence-corrected chi connectivity index (χ3v) is 4.67. The summed E-state index contributed by atoms with van der Waals surface area (Å²) in [5, 5.41) is 3.35. The fourth-order valence-electron chi connectivity index (χ4n) is 2.37. The molecular weight excluding hydrogens is 377 g/mol. The fourth-order valence-corrected chi connectivity index (χ4v) is 3.42. The van der Waals surface area contributed by atoms with Crippen LogP contribution in [0.1, 0.15) is 51.3 Å². The Balaban J connectivity index is 2.10. The van der Waals surface area contributed by atoms with Crippen LogP contribution >= 0.6 is 22.6 Å². The molecule has 2 aromatic heterocycles. The van der Waals surface area contributed by atoms with Crippen molar-refractivity contribution in [1.29, 1.82) is 0 Å². The molecule has 3 rings (SSSR count). The summed E-state index contributed by atoms with van der Waals surface area (Å²) in [4.78, 5) is 13.8. The van der Waals surface area contributed by atoms with Crippen molar-refractivity contribution in [3.05, 3.63) is 21.8 Å². The predicted molar refractivity (Wildman–Crippen MR) is 92.5 cm³/mol. The molecule has 0 saturated heterocycles. The highest BCUT2D eigenvalue weighted by atomic mass is 127. The van der Waals surface area contributed by atoms with E-state index in [2.05, 4.69) is 58.2 Å². The molecule has 0 amide bonds. The summed E-state index contributed by atoms with van der Waals surface area (Å²) in [7, 11) is 0. The molecular formula is C15H20IN5. The van der Waals surface area contributed by atoms with E-state index >= 15 is 0 Å². The number of hydrogen-bond acceptors (Lipinski definition) is 4. The SMILES string of the molecule is CCNc1nc(-c2cncn2C2CC2)nc(C(C)C)c1I. The summed E-state index contributed by atoms with van der Waals surface area (Å²) >= 11 is 2.34. The number of imidazole rings is 1. The molecule has 2 aromatic rings. The maximum Gasteiger partial charge on any atom is 0.180 e. The Hall–Kier alpha value is -1.18. The van der Waals surface area contributed by atoms with Crippen molar-refractivity contribution in [2.24, 2.45) is 0 Å². The monoisotopic (exact) mass is 397 g/mol. The molecule has 0 bridgehead atoms. The predicted octanol–water partition coefficient (Wildman–Crippen LogP) is 3.83. The minimum absolute atomic E-state index is 0.369. The summed E-state index contributed by atoms with van der Waals surface area (Å²) in [5.41, 5.74) is 2.12. The van der Waals surface area contributed by atoms with Gasteiger partial charge in [-0.1, -0.05) is 13.8 Å². The largest absolute Gasteiger partial charge is 0.369 e. The molecule has 0 atom stereocenters. The second-order valence-corrected chi connectivity index (χ2v) is 6.78.